The fourth-order valence-corrected chi connectivity index (χ4v) is 1.31. The van der Waals surface area contributed by atoms with Crippen LogP contribution in [0.25, 0.3) is 0 Å². The third-order valence-corrected chi connectivity index (χ3v) is 1.96. The van der Waals surface area contributed by atoms with Crippen LogP contribution in [-0.2, 0) is 0 Å². The first-order valence-electron chi connectivity index (χ1n) is 4.10. The van der Waals surface area contributed by atoms with E-state index in [0.717, 1.165) is 11.3 Å². The molecule has 3 heteroatoms. The first-order chi connectivity index (χ1) is 6.02. The van der Waals surface area contributed by atoms with Crippen LogP contribution in [0.4, 0.5) is 5.69 Å². The number of benzene rings is 1. The predicted octanol–water partition coefficient (Wildman–Crippen LogP) is 1.16. The van der Waals surface area contributed by atoms with Gasteiger partial charge in [-0.05, 0) is 30.7 Å². The molecule has 0 spiro atoms. The zero-order valence-corrected chi connectivity index (χ0v) is 8.16. The molecular weight excluding hydrogens is 164 g/mol. The molecule has 0 bridgehead atoms. The Labute approximate surface area is 78.2 Å². The molecule has 0 aliphatic heterocycles. The Kier molecular flexibility index (Phi) is 2.56. The first-order valence-corrected chi connectivity index (χ1v) is 4.10. The van der Waals surface area contributed by atoms with Gasteiger partial charge in [0.2, 0.25) is 5.91 Å². The molecule has 1 aromatic carbocycles. The summed E-state index contributed by atoms with van der Waals surface area (Å²) in [6.45, 7) is 1.96. The average Bonchev–Trinajstić information content (AvgIpc) is 2.03. The van der Waals surface area contributed by atoms with Gasteiger partial charge in [0.15, 0.2) is 0 Å². The number of carbonyl (C=O) groups excluding carboxylic acids is 1. The number of rotatable bonds is 2. The van der Waals surface area contributed by atoms with Crippen LogP contribution in [0.3, 0.4) is 0 Å². The van der Waals surface area contributed by atoms with Gasteiger partial charge in [0.25, 0.3) is 0 Å². The number of hydrogen-bond donors (Lipinski definition) is 1. The molecule has 0 saturated carbocycles. The molecule has 0 atom stereocenters. The summed E-state index contributed by atoms with van der Waals surface area (Å²) in [5.41, 5.74) is 7.87. The molecule has 0 fully saturated rings. The van der Waals surface area contributed by atoms with Crippen LogP contribution in [0.1, 0.15) is 15.9 Å². The fourth-order valence-electron chi connectivity index (χ4n) is 1.31. The highest BCUT2D eigenvalue weighted by molar-refractivity contribution is 5.93. The molecule has 0 unspecified atom stereocenters. The van der Waals surface area contributed by atoms with Crippen molar-refractivity contribution in [3.8, 4) is 0 Å². The van der Waals surface area contributed by atoms with Gasteiger partial charge in [-0.3, -0.25) is 4.79 Å². The van der Waals surface area contributed by atoms with E-state index in [1.807, 2.05) is 32.0 Å². The smallest absolute Gasteiger partial charge is 0.248 e. The highest BCUT2D eigenvalue weighted by Gasteiger charge is 2.04. The summed E-state index contributed by atoms with van der Waals surface area (Å²) in [4.78, 5) is 12.8. The molecule has 0 saturated heterocycles. The first kappa shape index (κ1) is 9.58. The zero-order valence-electron chi connectivity index (χ0n) is 8.16. The number of anilines is 1. The summed E-state index contributed by atoms with van der Waals surface area (Å²) in [6.07, 6.45) is 0. The molecule has 0 heterocycles. The van der Waals surface area contributed by atoms with E-state index in [1.54, 1.807) is 12.1 Å². The largest absolute Gasteiger partial charge is 0.377 e. The zero-order chi connectivity index (χ0) is 10.0. The molecule has 70 valence electrons. The lowest BCUT2D eigenvalue weighted by atomic mass is 10.1. The van der Waals surface area contributed by atoms with Gasteiger partial charge in [0.1, 0.15) is 0 Å². The van der Waals surface area contributed by atoms with Gasteiger partial charge >= 0.3 is 0 Å². The quantitative estimate of drug-likeness (QED) is 0.738. The van der Waals surface area contributed by atoms with E-state index in [2.05, 4.69) is 0 Å². The minimum Gasteiger partial charge on any atom is -0.377 e. The summed E-state index contributed by atoms with van der Waals surface area (Å²) in [5.74, 6) is -0.381. The summed E-state index contributed by atoms with van der Waals surface area (Å²) in [7, 11) is 3.93. The van der Waals surface area contributed by atoms with E-state index < -0.39 is 0 Å². The maximum Gasteiger partial charge on any atom is 0.248 e. The molecular formula is C10H14N2O. The van der Waals surface area contributed by atoms with Crippen LogP contribution in [0.2, 0.25) is 0 Å². The van der Waals surface area contributed by atoms with E-state index in [0.29, 0.717) is 5.56 Å². The van der Waals surface area contributed by atoms with Crippen LogP contribution in [0.5, 0.6) is 0 Å². The SMILES string of the molecule is Cc1cc(C(N)=O)ccc1N(C)C. The van der Waals surface area contributed by atoms with Crippen molar-refractivity contribution in [1.29, 1.82) is 0 Å². The Morgan fingerprint density at radius 3 is 2.38 bits per heavy atom. The lowest BCUT2D eigenvalue weighted by molar-refractivity contribution is 0.1000. The van der Waals surface area contributed by atoms with Crippen molar-refractivity contribution in [3.05, 3.63) is 29.3 Å². The predicted molar refractivity (Wildman–Crippen MR) is 54.0 cm³/mol. The topological polar surface area (TPSA) is 46.3 Å². The molecule has 13 heavy (non-hydrogen) atoms. The monoisotopic (exact) mass is 178 g/mol. The van der Waals surface area contributed by atoms with Crippen LogP contribution >= 0.6 is 0 Å². The van der Waals surface area contributed by atoms with Crippen molar-refractivity contribution in [2.24, 2.45) is 5.73 Å². The Morgan fingerprint density at radius 1 is 1.38 bits per heavy atom. The molecule has 2 N–H and O–H groups in total. The maximum atomic E-state index is 10.8. The summed E-state index contributed by atoms with van der Waals surface area (Å²) in [5, 5.41) is 0. The Bertz CT molecular complexity index is 332. The van der Waals surface area contributed by atoms with Crippen molar-refractivity contribution in [2.45, 2.75) is 6.92 Å². The van der Waals surface area contributed by atoms with Gasteiger partial charge in [-0.15, -0.1) is 0 Å². The summed E-state index contributed by atoms with van der Waals surface area (Å²) >= 11 is 0. The molecule has 0 radical (unpaired) electrons. The van der Waals surface area contributed by atoms with Gasteiger partial charge in [0.05, 0.1) is 0 Å². The van der Waals surface area contributed by atoms with Crippen molar-refractivity contribution in [3.63, 3.8) is 0 Å². The van der Waals surface area contributed by atoms with E-state index in [4.69, 9.17) is 5.73 Å². The number of amides is 1. The number of nitrogens with zero attached hydrogens (tertiary/aromatic N) is 1. The van der Waals surface area contributed by atoms with Crippen LogP contribution in [0, 0.1) is 6.92 Å². The lowest BCUT2D eigenvalue weighted by Crippen LogP contribution is -2.14. The van der Waals surface area contributed by atoms with Crippen LogP contribution < -0.4 is 10.6 Å². The Hall–Kier alpha value is -1.51. The average molecular weight is 178 g/mol. The maximum absolute atomic E-state index is 10.8. The van der Waals surface area contributed by atoms with Gasteiger partial charge in [-0.1, -0.05) is 0 Å². The number of nitrogens with two attached hydrogens (primary N) is 1. The molecule has 3 nitrogen and oxygen atoms in total. The number of carbonyl (C=O) groups is 1. The second-order valence-electron chi connectivity index (χ2n) is 3.26. The molecule has 1 rings (SSSR count). The van der Waals surface area contributed by atoms with Crippen molar-refractivity contribution in [2.75, 3.05) is 19.0 Å². The Morgan fingerprint density at radius 2 is 2.00 bits per heavy atom. The van der Waals surface area contributed by atoms with Crippen LogP contribution in [-0.4, -0.2) is 20.0 Å². The Balaban J connectivity index is 3.13. The van der Waals surface area contributed by atoms with Crippen molar-refractivity contribution < 1.29 is 4.79 Å². The minimum absolute atomic E-state index is 0.381. The number of primary amides is 1. The standard InChI is InChI=1S/C10H14N2O/c1-7-6-8(10(11)13)4-5-9(7)12(2)3/h4-6H,1-3H3,(H2,11,13). The summed E-state index contributed by atoms with van der Waals surface area (Å²) in [6, 6.07) is 5.44. The molecule has 0 aromatic heterocycles. The van der Waals surface area contributed by atoms with Gasteiger partial charge in [-0.25, -0.2) is 0 Å². The van der Waals surface area contributed by atoms with Gasteiger partial charge in [-0.2, -0.15) is 0 Å². The van der Waals surface area contributed by atoms with Crippen molar-refractivity contribution in [1.82, 2.24) is 0 Å². The van der Waals surface area contributed by atoms with Crippen molar-refractivity contribution >= 4 is 11.6 Å². The minimum atomic E-state index is -0.381. The van der Waals surface area contributed by atoms with E-state index >= 15 is 0 Å². The second kappa shape index (κ2) is 3.47. The lowest BCUT2D eigenvalue weighted by Gasteiger charge is -2.15. The van der Waals surface area contributed by atoms with Crippen LogP contribution in [0.15, 0.2) is 18.2 Å². The molecule has 1 aromatic rings. The van der Waals surface area contributed by atoms with E-state index in [-0.39, 0.29) is 5.91 Å². The third kappa shape index (κ3) is 1.99. The number of aryl methyl sites for hydroxylation is 1. The van der Waals surface area contributed by atoms with E-state index in [1.165, 1.54) is 0 Å². The molecule has 0 aliphatic carbocycles. The fraction of sp³-hybridized carbons (Fsp3) is 0.300. The normalized spacial score (nSPS) is 9.77. The molecule has 0 aliphatic rings. The second-order valence-corrected chi connectivity index (χ2v) is 3.26. The van der Waals surface area contributed by atoms with Gasteiger partial charge < -0.3 is 10.6 Å². The highest BCUT2D eigenvalue weighted by atomic mass is 16.1. The third-order valence-electron chi connectivity index (χ3n) is 1.96. The van der Waals surface area contributed by atoms with E-state index in [9.17, 15) is 4.79 Å². The van der Waals surface area contributed by atoms with Gasteiger partial charge in [0, 0.05) is 25.3 Å². The summed E-state index contributed by atoms with van der Waals surface area (Å²) < 4.78 is 0. The number of hydrogen-bond acceptors (Lipinski definition) is 2. The highest BCUT2D eigenvalue weighted by Crippen LogP contribution is 2.18. The molecule has 1 amide bonds.